The molecule has 0 bridgehead atoms. The van der Waals surface area contributed by atoms with Crippen molar-refractivity contribution in [2.75, 3.05) is 0 Å². The molecule has 1 N–H and O–H groups in total. The maximum Gasteiger partial charge on any atom is 0.337 e. The Hall–Kier alpha value is -1.61. The van der Waals surface area contributed by atoms with Crippen molar-refractivity contribution in [3.8, 4) is 0 Å². The molecule has 4 heteroatoms. The zero-order chi connectivity index (χ0) is 10.1. The largest absolute Gasteiger partial charge is 0.478 e. The number of pyridine rings is 1. The quantitative estimate of drug-likeness (QED) is 0.782. The molecule has 0 atom stereocenters. The summed E-state index contributed by atoms with van der Waals surface area (Å²) in [5.41, 5.74) is 0.171. The Morgan fingerprint density at radius 2 is 2.14 bits per heavy atom. The number of aromatic carboxylic acids is 1. The number of nitrogens with zero attached hydrogens (tertiary/aromatic N) is 1. The van der Waals surface area contributed by atoms with E-state index in [0.29, 0.717) is 10.4 Å². The summed E-state index contributed by atoms with van der Waals surface area (Å²) in [5, 5.41) is 10.8. The van der Waals surface area contributed by atoms with E-state index in [4.69, 9.17) is 16.7 Å². The fraction of sp³-hybridized carbons (Fsp3) is 0. The van der Waals surface area contributed by atoms with Crippen LogP contribution in [0.15, 0.2) is 30.6 Å². The van der Waals surface area contributed by atoms with Crippen molar-refractivity contribution >= 4 is 28.3 Å². The highest BCUT2D eigenvalue weighted by Crippen LogP contribution is 2.21. The van der Waals surface area contributed by atoms with Gasteiger partial charge in [0.1, 0.15) is 0 Å². The minimum Gasteiger partial charge on any atom is -0.478 e. The highest BCUT2D eigenvalue weighted by atomic mass is 35.5. The first kappa shape index (κ1) is 8.97. The first-order chi connectivity index (χ1) is 6.68. The van der Waals surface area contributed by atoms with Gasteiger partial charge in [0.15, 0.2) is 0 Å². The van der Waals surface area contributed by atoms with E-state index in [1.54, 1.807) is 24.4 Å². The zero-order valence-electron chi connectivity index (χ0n) is 7.07. The summed E-state index contributed by atoms with van der Waals surface area (Å²) in [5.74, 6) is -0.995. The minimum absolute atomic E-state index is 0.171. The molecule has 2 rings (SSSR count). The zero-order valence-corrected chi connectivity index (χ0v) is 7.82. The lowest BCUT2D eigenvalue weighted by Crippen LogP contribution is -1.98. The van der Waals surface area contributed by atoms with Gasteiger partial charge in [0, 0.05) is 28.2 Å². The van der Waals surface area contributed by atoms with E-state index < -0.39 is 5.97 Å². The van der Waals surface area contributed by atoms with E-state index in [2.05, 4.69) is 4.98 Å². The number of fused-ring (bicyclic) bond motifs is 1. The van der Waals surface area contributed by atoms with Crippen LogP contribution in [0.3, 0.4) is 0 Å². The molecule has 0 radical (unpaired) electrons. The topological polar surface area (TPSA) is 50.2 Å². The predicted molar refractivity (Wildman–Crippen MR) is 53.7 cm³/mol. The molecule has 0 saturated carbocycles. The second kappa shape index (κ2) is 3.27. The lowest BCUT2D eigenvalue weighted by Gasteiger charge is -2.01. The normalized spacial score (nSPS) is 10.4. The monoisotopic (exact) mass is 207 g/mol. The first-order valence-electron chi connectivity index (χ1n) is 3.95. The maximum atomic E-state index is 10.8. The van der Waals surface area contributed by atoms with Crippen LogP contribution in [0.5, 0.6) is 0 Å². The Morgan fingerprint density at radius 3 is 2.86 bits per heavy atom. The summed E-state index contributed by atoms with van der Waals surface area (Å²) >= 11 is 5.78. The van der Waals surface area contributed by atoms with Gasteiger partial charge in [0.05, 0.1) is 5.56 Å². The lowest BCUT2D eigenvalue weighted by atomic mass is 10.1. The molecule has 70 valence electrons. The first-order valence-corrected chi connectivity index (χ1v) is 4.33. The van der Waals surface area contributed by atoms with Crippen molar-refractivity contribution in [2.24, 2.45) is 0 Å². The molecule has 0 amide bonds. The number of carbonyl (C=O) groups is 1. The second-order valence-electron chi connectivity index (χ2n) is 2.86. The van der Waals surface area contributed by atoms with Gasteiger partial charge >= 0.3 is 5.97 Å². The SMILES string of the molecule is O=C(O)c1cncc2ccc(Cl)cc12. The van der Waals surface area contributed by atoms with E-state index in [1.807, 2.05) is 0 Å². The van der Waals surface area contributed by atoms with Crippen LogP contribution >= 0.6 is 11.6 Å². The lowest BCUT2D eigenvalue weighted by molar-refractivity contribution is 0.0698. The van der Waals surface area contributed by atoms with Crippen LogP contribution in [0.25, 0.3) is 10.8 Å². The summed E-state index contributed by atoms with van der Waals surface area (Å²) in [6.45, 7) is 0. The average Bonchev–Trinajstić information content (AvgIpc) is 2.16. The number of carboxylic acids is 1. The standard InChI is InChI=1S/C10H6ClNO2/c11-7-2-1-6-4-12-5-9(10(13)14)8(6)3-7/h1-5H,(H,13,14). The van der Waals surface area contributed by atoms with Gasteiger partial charge < -0.3 is 5.11 Å². The number of aromatic nitrogens is 1. The van der Waals surface area contributed by atoms with Crippen LogP contribution in [0.1, 0.15) is 10.4 Å². The van der Waals surface area contributed by atoms with Gasteiger partial charge in [-0.3, -0.25) is 4.98 Å². The molecular formula is C10H6ClNO2. The number of carboxylic acid groups (broad SMARTS) is 1. The van der Waals surface area contributed by atoms with Crippen LogP contribution in [-0.4, -0.2) is 16.1 Å². The smallest absolute Gasteiger partial charge is 0.337 e. The number of benzene rings is 1. The molecule has 1 aromatic carbocycles. The Labute approximate surface area is 85.0 Å². The molecule has 14 heavy (non-hydrogen) atoms. The number of hydrogen-bond donors (Lipinski definition) is 1. The van der Waals surface area contributed by atoms with E-state index in [1.165, 1.54) is 6.20 Å². The molecule has 0 aliphatic carbocycles. The van der Waals surface area contributed by atoms with Gasteiger partial charge in [-0.2, -0.15) is 0 Å². The Balaban J connectivity index is 2.84. The van der Waals surface area contributed by atoms with Gasteiger partial charge in [-0.25, -0.2) is 4.79 Å². The van der Waals surface area contributed by atoms with Crippen LogP contribution in [0, 0.1) is 0 Å². The van der Waals surface area contributed by atoms with E-state index in [-0.39, 0.29) is 5.56 Å². The van der Waals surface area contributed by atoms with Crippen molar-refractivity contribution in [2.45, 2.75) is 0 Å². The van der Waals surface area contributed by atoms with Gasteiger partial charge in [-0.05, 0) is 12.1 Å². The molecule has 0 aliphatic rings. The summed E-state index contributed by atoms with van der Waals surface area (Å²) in [6.07, 6.45) is 2.93. The molecular weight excluding hydrogens is 202 g/mol. The van der Waals surface area contributed by atoms with Crippen molar-refractivity contribution in [3.63, 3.8) is 0 Å². The van der Waals surface area contributed by atoms with Crippen LogP contribution in [0.2, 0.25) is 5.02 Å². The van der Waals surface area contributed by atoms with Crippen molar-refractivity contribution < 1.29 is 9.90 Å². The van der Waals surface area contributed by atoms with Crippen LogP contribution in [0.4, 0.5) is 0 Å². The average molecular weight is 208 g/mol. The predicted octanol–water partition coefficient (Wildman–Crippen LogP) is 2.59. The third-order valence-electron chi connectivity index (χ3n) is 1.95. The fourth-order valence-electron chi connectivity index (χ4n) is 1.31. The highest BCUT2D eigenvalue weighted by molar-refractivity contribution is 6.31. The summed E-state index contributed by atoms with van der Waals surface area (Å²) in [7, 11) is 0. The van der Waals surface area contributed by atoms with E-state index in [9.17, 15) is 4.79 Å². The molecule has 0 spiro atoms. The molecule has 1 aromatic heterocycles. The number of halogens is 1. The van der Waals surface area contributed by atoms with Gasteiger partial charge in [-0.15, -0.1) is 0 Å². The van der Waals surface area contributed by atoms with Gasteiger partial charge in [0.25, 0.3) is 0 Å². The minimum atomic E-state index is -0.995. The van der Waals surface area contributed by atoms with E-state index in [0.717, 1.165) is 5.39 Å². The van der Waals surface area contributed by atoms with Crippen LogP contribution < -0.4 is 0 Å². The Kier molecular flexibility index (Phi) is 2.09. The highest BCUT2D eigenvalue weighted by Gasteiger charge is 2.08. The van der Waals surface area contributed by atoms with Crippen molar-refractivity contribution in [1.29, 1.82) is 0 Å². The van der Waals surface area contributed by atoms with Crippen molar-refractivity contribution in [3.05, 3.63) is 41.2 Å². The van der Waals surface area contributed by atoms with Gasteiger partial charge in [-0.1, -0.05) is 17.7 Å². The third kappa shape index (κ3) is 1.42. The van der Waals surface area contributed by atoms with E-state index >= 15 is 0 Å². The molecule has 2 aromatic rings. The summed E-state index contributed by atoms with van der Waals surface area (Å²) < 4.78 is 0. The second-order valence-corrected chi connectivity index (χ2v) is 3.29. The number of rotatable bonds is 1. The molecule has 3 nitrogen and oxygen atoms in total. The molecule has 1 heterocycles. The van der Waals surface area contributed by atoms with Crippen LogP contribution in [-0.2, 0) is 0 Å². The maximum absolute atomic E-state index is 10.8. The van der Waals surface area contributed by atoms with Crippen molar-refractivity contribution in [1.82, 2.24) is 4.98 Å². The summed E-state index contributed by atoms with van der Waals surface area (Å²) in [4.78, 5) is 14.7. The number of hydrogen-bond acceptors (Lipinski definition) is 2. The fourth-order valence-corrected chi connectivity index (χ4v) is 1.48. The van der Waals surface area contributed by atoms with Gasteiger partial charge in [0.2, 0.25) is 0 Å². The Morgan fingerprint density at radius 1 is 1.36 bits per heavy atom. The third-order valence-corrected chi connectivity index (χ3v) is 2.19. The molecule has 0 saturated heterocycles. The molecule has 0 unspecified atom stereocenters. The molecule has 0 aliphatic heterocycles. The Bertz CT molecular complexity index is 510. The molecule has 0 fully saturated rings. The summed E-state index contributed by atoms with van der Waals surface area (Å²) in [6, 6.07) is 5.08.